The first-order chi connectivity index (χ1) is 15.3. The lowest BCUT2D eigenvalue weighted by molar-refractivity contribution is -0.154. The fraction of sp³-hybridized carbons (Fsp3) is 0.571. The second kappa shape index (κ2) is 10.4. The van der Waals surface area contributed by atoms with Gasteiger partial charge in [0.2, 0.25) is 10.0 Å². The average molecular weight is 467 g/mol. The van der Waals surface area contributed by atoms with Crippen molar-refractivity contribution in [1.29, 1.82) is 0 Å². The Balaban J connectivity index is 1.61. The fourth-order valence-electron chi connectivity index (χ4n) is 3.78. The zero-order valence-electron chi connectivity index (χ0n) is 18.5. The summed E-state index contributed by atoms with van der Waals surface area (Å²) in [6.45, 7) is 7.00. The van der Waals surface area contributed by atoms with E-state index in [2.05, 4.69) is 0 Å². The number of nitrogens with zero attached hydrogens (tertiary/aromatic N) is 4. The second-order valence-corrected chi connectivity index (χ2v) is 9.54. The quantitative estimate of drug-likeness (QED) is 0.559. The summed E-state index contributed by atoms with van der Waals surface area (Å²) >= 11 is 0. The summed E-state index contributed by atoms with van der Waals surface area (Å²) in [5.41, 5.74) is 0.435. The van der Waals surface area contributed by atoms with Crippen molar-refractivity contribution < 1.29 is 27.5 Å². The van der Waals surface area contributed by atoms with Crippen molar-refractivity contribution in [2.45, 2.75) is 18.7 Å². The summed E-state index contributed by atoms with van der Waals surface area (Å²) in [4.78, 5) is 42.0. The van der Waals surface area contributed by atoms with Gasteiger partial charge in [0.05, 0.1) is 18.1 Å². The first-order valence-corrected chi connectivity index (χ1v) is 12.3. The predicted octanol–water partition coefficient (Wildman–Crippen LogP) is -0.140. The Kier molecular flexibility index (Phi) is 7.86. The Bertz CT molecular complexity index is 932. The highest BCUT2D eigenvalue weighted by Gasteiger charge is 2.34. The smallest absolute Gasteiger partial charge is 0.312 e. The molecule has 0 spiro atoms. The van der Waals surface area contributed by atoms with Gasteiger partial charge in [-0.2, -0.15) is 4.31 Å². The van der Waals surface area contributed by atoms with Gasteiger partial charge in [-0.15, -0.1) is 0 Å². The van der Waals surface area contributed by atoms with E-state index < -0.39 is 21.8 Å². The Morgan fingerprint density at radius 1 is 0.844 bits per heavy atom. The lowest BCUT2D eigenvalue weighted by Crippen LogP contribution is -2.55. The summed E-state index contributed by atoms with van der Waals surface area (Å²) < 4.78 is 32.5. The van der Waals surface area contributed by atoms with Crippen molar-refractivity contribution >= 4 is 27.7 Å². The number of amides is 3. The highest BCUT2D eigenvalue weighted by atomic mass is 32.2. The van der Waals surface area contributed by atoms with Crippen LogP contribution in [0.25, 0.3) is 0 Å². The summed E-state index contributed by atoms with van der Waals surface area (Å²) in [6.07, 6.45) is 0. The third kappa shape index (κ3) is 5.11. The molecule has 32 heavy (non-hydrogen) atoms. The van der Waals surface area contributed by atoms with Crippen LogP contribution in [0.5, 0.6) is 0 Å². The Morgan fingerprint density at radius 3 is 1.84 bits per heavy atom. The van der Waals surface area contributed by atoms with Crippen LogP contribution in [-0.4, -0.2) is 111 Å². The van der Waals surface area contributed by atoms with Gasteiger partial charge in [0, 0.05) is 57.9 Å². The zero-order valence-corrected chi connectivity index (χ0v) is 19.3. The fourth-order valence-corrected chi connectivity index (χ4v) is 5.20. The number of rotatable bonds is 5. The minimum atomic E-state index is -3.77. The highest BCUT2D eigenvalue weighted by Crippen LogP contribution is 2.19. The molecule has 0 bridgehead atoms. The van der Waals surface area contributed by atoms with E-state index in [9.17, 15) is 22.8 Å². The Morgan fingerprint density at radius 2 is 1.34 bits per heavy atom. The number of morpholine rings is 1. The lowest BCUT2D eigenvalue weighted by atomic mass is 10.2. The normalized spacial score (nSPS) is 17.8. The summed E-state index contributed by atoms with van der Waals surface area (Å²) in [5.74, 6) is -1.32. The van der Waals surface area contributed by atoms with Crippen LogP contribution in [-0.2, 0) is 24.3 Å². The average Bonchev–Trinajstić information content (AvgIpc) is 2.84. The number of piperazine rings is 1. The molecule has 1 aromatic carbocycles. The molecule has 0 atom stereocenters. The van der Waals surface area contributed by atoms with Crippen molar-refractivity contribution in [3.63, 3.8) is 0 Å². The van der Waals surface area contributed by atoms with Gasteiger partial charge in [-0.25, -0.2) is 8.42 Å². The molecule has 2 saturated heterocycles. The first-order valence-electron chi connectivity index (χ1n) is 10.8. The molecule has 3 amide bonds. The number of hydrogen-bond acceptors (Lipinski definition) is 6. The van der Waals surface area contributed by atoms with Crippen LogP contribution < -0.4 is 0 Å². The van der Waals surface area contributed by atoms with Crippen LogP contribution in [0.1, 0.15) is 24.2 Å². The van der Waals surface area contributed by atoms with E-state index in [0.717, 1.165) is 0 Å². The predicted molar refractivity (Wildman–Crippen MR) is 116 cm³/mol. The molecule has 0 N–H and O–H groups in total. The van der Waals surface area contributed by atoms with Gasteiger partial charge in [0.15, 0.2) is 0 Å². The van der Waals surface area contributed by atoms with E-state index in [1.807, 2.05) is 13.8 Å². The molecule has 0 aromatic heterocycles. The highest BCUT2D eigenvalue weighted by molar-refractivity contribution is 7.89. The van der Waals surface area contributed by atoms with Crippen LogP contribution >= 0.6 is 0 Å². The maximum absolute atomic E-state index is 13.0. The topological polar surface area (TPSA) is 108 Å². The van der Waals surface area contributed by atoms with E-state index >= 15 is 0 Å². The molecule has 2 aliphatic rings. The maximum atomic E-state index is 13.0. The van der Waals surface area contributed by atoms with E-state index in [0.29, 0.717) is 45.0 Å². The molecule has 2 fully saturated rings. The number of carbonyl (C=O) groups is 3. The van der Waals surface area contributed by atoms with Crippen molar-refractivity contribution in [3.05, 3.63) is 29.8 Å². The van der Waals surface area contributed by atoms with Gasteiger partial charge in [0.25, 0.3) is 5.91 Å². The first kappa shape index (κ1) is 24.1. The molecule has 0 saturated carbocycles. The van der Waals surface area contributed by atoms with E-state index in [4.69, 9.17) is 4.74 Å². The second-order valence-electron chi connectivity index (χ2n) is 7.60. The SMILES string of the molecule is CCN(CC)C(=O)c1ccc(S(=O)(=O)N2CCN(C(=O)C(=O)N3CCOCC3)CC2)cc1. The lowest BCUT2D eigenvalue weighted by Gasteiger charge is -2.35. The summed E-state index contributed by atoms with van der Waals surface area (Å²) in [5, 5.41) is 0. The summed E-state index contributed by atoms with van der Waals surface area (Å²) in [7, 11) is -3.77. The molecule has 1 aromatic rings. The van der Waals surface area contributed by atoms with E-state index in [1.54, 1.807) is 4.90 Å². The van der Waals surface area contributed by atoms with Gasteiger partial charge < -0.3 is 19.4 Å². The van der Waals surface area contributed by atoms with E-state index in [-0.39, 0.29) is 37.0 Å². The Labute approximate surface area is 188 Å². The van der Waals surface area contributed by atoms with Crippen molar-refractivity contribution in [2.75, 3.05) is 65.6 Å². The molecule has 0 radical (unpaired) electrons. The molecule has 2 aliphatic heterocycles. The largest absolute Gasteiger partial charge is 0.378 e. The zero-order chi connectivity index (χ0) is 23.3. The number of sulfonamides is 1. The molecule has 176 valence electrons. The van der Waals surface area contributed by atoms with Crippen LogP contribution in [0.15, 0.2) is 29.2 Å². The van der Waals surface area contributed by atoms with Crippen molar-refractivity contribution in [3.8, 4) is 0 Å². The number of benzene rings is 1. The molecular weight excluding hydrogens is 436 g/mol. The molecule has 11 heteroatoms. The third-order valence-corrected chi connectivity index (χ3v) is 7.71. The van der Waals surface area contributed by atoms with Gasteiger partial charge in [0.1, 0.15) is 0 Å². The van der Waals surface area contributed by atoms with Crippen molar-refractivity contribution in [1.82, 2.24) is 19.0 Å². The molecular formula is C21H30N4O6S. The summed E-state index contributed by atoms with van der Waals surface area (Å²) in [6, 6.07) is 5.92. The third-order valence-electron chi connectivity index (χ3n) is 5.80. The van der Waals surface area contributed by atoms with Gasteiger partial charge >= 0.3 is 11.8 Å². The number of ether oxygens (including phenoxy) is 1. The molecule has 0 aliphatic carbocycles. The maximum Gasteiger partial charge on any atom is 0.312 e. The molecule has 3 rings (SSSR count). The van der Waals surface area contributed by atoms with Crippen LogP contribution in [0.3, 0.4) is 0 Å². The number of carbonyl (C=O) groups excluding carboxylic acids is 3. The minimum absolute atomic E-state index is 0.0952. The van der Waals surface area contributed by atoms with Crippen LogP contribution in [0.4, 0.5) is 0 Å². The number of hydrogen-bond donors (Lipinski definition) is 0. The van der Waals surface area contributed by atoms with Crippen LogP contribution in [0.2, 0.25) is 0 Å². The van der Waals surface area contributed by atoms with Gasteiger partial charge in [-0.1, -0.05) is 0 Å². The molecule has 10 nitrogen and oxygen atoms in total. The van der Waals surface area contributed by atoms with Gasteiger partial charge in [-0.3, -0.25) is 14.4 Å². The van der Waals surface area contributed by atoms with E-state index in [1.165, 1.54) is 38.4 Å². The standard InChI is InChI=1S/C21H30N4O6S/c1-3-22(4-2)19(26)17-5-7-18(8-6-17)32(29,30)25-11-9-23(10-12-25)20(27)21(28)24-13-15-31-16-14-24/h5-8H,3-4,9-16H2,1-2H3. The van der Waals surface area contributed by atoms with Crippen LogP contribution in [0, 0.1) is 0 Å². The molecule has 2 heterocycles. The van der Waals surface area contributed by atoms with Crippen molar-refractivity contribution in [2.24, 2.45) is 0 Å². The van der Waals surface area contributed by atoms with Gasteiger partial charge in [-0.05, 0) is 38.1 Å². The Hall–Kier alpha value is -2.50. The molecule has 0 unspecified atom stereocenters. The minimum Gasteiger partial charge on any atom is -0.378 e. The monoisotopic (exact) mass is 466 g/mol.